The van der Waals surface area contributed by atoms with Crippen LogP contribution < -0.4 is 39.8 Å². The molecule has 0 radical (unpaired) electrons. The molecule has 96 heavy (non-hydrogen) atoms. The Kier molecular flexibility index (Phi) is 15.6. The minimum Gasteiger partial charge on any atom is -0.489 e. The zero-order chi connectivity index (χ0) is 66.6. The molecule has 17 nitrogen and oxygen atoms in total. The van der Waals surface area contributed by atoms with Gasteiger partial charge in [0.15, 0.2) is 23.1 Å². The number of anilines is 4. The number of nitrogens with zero attached hydrogens (tertiary/aromatic N) is 11. The summed E-state index contributed by atoms with van der Waals surface area (Å²) in [6.45, 7) is 2.04. The molecular formula is C67H61Cl2F8N13O4S2. The molecule has 0 amide bonds. The Bertz CT molecular complexity index is 4740. The Balaban J connectivity index is 0.755. The minimum atomic E-state index is -1.76. The Morgan fingerprint density at radius 2 is 1.35 bits per heavy atom. The molecule has 4 saturated heterocycles. The number of thiophene rings is 2. The van der Waals surface area contributed by atoms with Gasteiger partial charge in [-0.15, -0.1) is 22.7 Å². The summed E-state index contributed by atoms with van der Waals surface area (Å²) in [5.74, 6) is -2.88. The summed E-state index contributed by atoms with van der Waals surface area (Å²) in [5.41, 5.74) is 3.16. The maximum atomic E-state index is 18.3. The summed E-state index contributed by atoms with van der Waals surface area (Å²) in [4.78, 5) is 29.1. The molecule has 0 bridgehead atoms. The van der Waals surface area contributed by atoms with Crippen molar-refractivity contribution in [3.63, 3.8) is 0 Å². The number of alkyl halides is 2. The van der Waals surface area contributed by atoms with Crippen LogP contribution in [0.5, 0.6) is 23.5 Å². The van der Waals surface area contributed by atoms with Crippen LogP contribution in [0.1, 0.15) is 88.2 Å². The number of rotatable bonds is 14. The van der Waals surface area contributed by atoms with Gasteiger partial charge in [0.05, 0.1) is 65.5 Å². The summed E-state index contributed by atoms with van der Waals surface area (Å²) < 4.78 is 155. The number of halogens is 10. The molecule has 2 unspecified atom stereocenters. The second-order valence-electron chi connectivity index (χ2n) is 26.8. The third-order valence-electron chi connectivity index (χ3n) is 21.6. The van der Waals surface area contributed by atoms with Crippen molar-refractivity contribution in [3.8, 4) is 57.9 Å². The summed E-state index contributed by atoms with van der Waals surface area (Å²) in [7, 11) is 4.02. The van der Waals surface area contributed by atoms with Crippen LogP contribution in [-0.2, 0) is 0 Å². The number of nitrogens with one attached hydrogen (secondary N) is 1. The number of ether oxygens (including phenoxy) is 4. The molecule has 8 aromatic rings. The van der Waals surface area contributed by atoms with Crippen molar-refractivity contribution in [1.82, 2.24) is 34.6 Å². The fourth-order valence-corrected chi connectivity index (χ4v) is 19.4. The van der Waals surface area contributed by atoms with Crippen molar-refractivity contribution >= 4 is 109 Å². The van der Waals surface area contributed by atoms with Crippen LogP contribution in [0.4, 0.5) is 56.8 Å². The summed E-state index contributed by atoms with van der Waals surface area (Å²) >= 11 is 16.3. The van der Waals surface area contributed by atoms with Gasteiger partial charge in [0, 0.05) is 66.0 Å². The van der Waals surface area contributed by atoms with Gasteiger partial charge in [0.2, 0.25) is 0 Å². The molecule has 6 atom stereocenters. The van der Waals surface area contributed by atoms with Gasteiger partial charge in [0.25, 0.3) is 6.08 Å². The summed E-state index contributed by atoms with van der Waals surface area (Å²) in [6.07, 6.45) is 0.319. The third-order valence-corrected chi connectivity index (χ3v) is 24.5. The number of benzene rings is 4. The van der Waals surface area contributed by atoms with Gasteiger partial charge in [-0.1, -0.05) is 35.3 Å². The molecule has 8 aliphatic rings. The second kappa shape index (κ2) is 23.6. The van der Waals surface area contributed by atoms with E-state index < -0.39 is 65.0 Å². The number of hydrogen-bond donors (Lipinski definition) is 2. The zero-order valence-electron chi connectivity index (χ0n) is 51.9. The van der Waals surface area contributed by atoms with Crippen LogP contribution >= 0.6 is 45.9 Å². The van der Waals surface area contributed by atoms with Crippen LogP contribution in [-0.4, -0.2) is 156 Å². The Morgan fingerprint density at radius 1 is 0.750 bits per heavy atom. The van der Waals surface area contributed by atoms with Crippen molar-refractivity contribution in [2.24, 2.45) is 0 Å². The van der Waals surface area contributed by atoms with Crippen LogP contribution in [0.3, 0.4) is 0 Å². The van der Waals surface area contributed by atoms with E-state index in [9.17, 15) is 23.7 Å². The molecule has 500 valence electrons. The van der Waals surface area contributed by atoms with Crippen molar-refractivity contribution in [3.05, 3.63) is 80.4 Å². The van der Waals surface area contributed by atoms with E-state index in [1.165, 1.54) is 12.1 Å². The molecule has 2 saturated carbocycles. The van der Waals surface area contributed by atoms with Crippen LogP contribution in [0.15, 0.2) is 35.9 Å². The zero-order valence-corrected chi connectivity index (χ0v) is 55.0. The molecular weight excluding hydrogens is 1340 g/mol. The molecule has 10 heterocycles. The number of nitrogen functional groups attached to an aromatic ring is 1. The first-order valence-corrected chi connectivity index (χ1v) is 34.4. The maximum Gasteiger partial charge on any atom is 0.319 e. The Hall–Kier alpha value is -7.50. The number of nitrogens with two attached hydrogens (primary N) is 1. The number of likely N-dealkylation sites (N-methyl/N-ethyl adjacent to an activating group) is 1. The van der Waals surface area contributed by atoms with Gasteiger partial charge in [-0.3, -0.25) is 9.80 Å². The fourth-order valence-electron chi connectivity index (χ4n) is 16.7. The molecule has 6 aliphatic heterocycles. The number of hydrogen-bond acceptors (Lipinski definition) is 19. The smallest absolute Gasteiger partial charge is 0.319 e. The fraction of sp³-hybridized carbons (Fsp3) is 0.463. The predicted molar refractivity (Wildman–Crippen MR) is 352 cm³/mol. The number of nitriles is 2. The lowest BCUT2D eigenvalue weighted by atomic mass is 9.75. The SMILES string of the molecule is CN(C)C1(CN2CCOc3c(Cl)c(-c4ccc(F)c5sc(N)c(C#N)c45)c(F)c4nc(OC[C@@]56CCCN5C(Nc5sc7c(F)ccc(-c8c(Cl)c9c%10c(nc(OC[C@@]%11%12CCCN%11C[C@H](F)C%12)nc%10c8F)N(C8CCC(=C(F)F)C8)CCO9)c7c5C#N)[C@H](F)C6)nc2c34)CCC1. The van der Waals surface area contributed by atoms with Gasteiger partial charge in [-0.2, -0.15) is 39.2 Å². The molecule has 0 spiro atoms. The van der Waals surface area contributed by atoms with E-state index in [1.807, 2.05) is 34.9 Å². The van der Waals surface area contributed by atoms with Crippen LogP contribution in [0, 0.1) is 45.9 Å². The monoisotopic (exact) mass is 1400 g/mol. The first kappa shape index (κ1) is 63.3. The van der Waals surface area contributed by atoms with Gasteiger partial charge in [0.1, 0.15) is 101 Å². The Morgan fingerprint density at radius 3 is 1.98 bits per heavy atom. The van der Waals surface area contributed by atoms with Crippen LogP contribution in [0.25, 0.3) is 64.2 Å². The average Bonchev–Trinajstić information content (AvgIpc) is 1.27. The van der Waals surface area contributed by atoms with E-state index >= 15 is 22.0 Å². The predicted octanol–water partition coefficient (Wildman–Crippen LogP) is 14.5. The third kappa shape index (κ3) is 9.76. The molecule has 4 aromatic heterocycles. The van der Waals surface area contributed by atoms with E-state index in [-0.39, 0.29) is 207 Å². The minimum absolute atomic E-state index is 0.00126. The van der Waals surface area contributed by atoms with Crippen molar-refractivity contribution in [2.75, 3.05) is 101 Å². The van der Waals surface area contributed by atoms with E-state index in [2.05, 4.69) is 21.3 Å². The van der Waals surface area contributed by atoms with Gasteiger partial charge < -0.3 is 44.7 Å². The highest BCUT2D eigenvalue weighted by atomic mass is 35.5. The van der Waals surface area contributed by atoms with E-state index in [4.69, 9.17) is 62.8 Å². The molecule has 6 fully saturated rings. The molecule has 4 aromatic carbocycles. The van der Waals surface area contributed by atoms with Crippen LogP contribution in [0.2, 0.25) is 10.0 Å². The lowest BCUT2D eigenvalue weighted by Gasteiger charge is -2.49. The van der Waals surface area contributed by atoms with Gasteiger partial charge >= 0.3 is 12.0 Å². The second-order valence-corrected chi connectivity index (χ2v) is 29.6. The quantitative estimate of drug-likeness (QED) is 0.0977. The molecule has 29 heteroatoms. The topological polar surface area (TPSA) is 190 Å². The van der Waals surface area contributed by atoms with Crippen molar-refractivity contribution in [2.45, 2.75) is 118 Å². The number of fused-ring (bicyclic) bond motifs is 4. The Labute approximate surface area is 562 Å². The largest absolute Gasteiger partial charge is 0.489 e. The molecule has 16 rings (SSSR count). The standard InChI is InChI=1S/C67H61Cl2F8N13O4S2/c1-86(2)65(12-3-13-65)28-87-18-20-91-53-45-51(49(74)43(47(53)68)34-8-10-38(71)55-41(34)36(25-78)58(80)95-55)81-63(84-60(45)87)94-30-67-15-5-17-90(67)59(40(73)24-67)83-62-37(26-79)42-35(9-11-39(72)56(42)96-62)44-48(69)54-46-52(50(44)75)82-64(93-29-66-14-4-16-88(66)27-32(70)23-66)85-61(46)89(19-21-92-54)33-7-6-31(22-33)57(76)77/h8-11,32-33,40,59,83H,3-7,12-24,27-30,80H2,1-2H3/t32-,33?,40-,59?,66+,67+/m1/s1. The van der Waals surface area contributed by atoms with E-state index in [0.717, 1.165) is 60.5 Å². The maximum absolute atomic E-state index is 18.3. The first-order chi connectivity index (χ1) is 46.2. The highest BCUT2D eigenvalue weighted by Gasteiger charge is 2.56. The average molecular weight is 1400 g/mol. The van der Waals surface area contributed by atoms with Gasteiger partial charge in [-0.25, -0.2) is 26.3 Å². The van der Waals surface area contributed by atoms with Crippen molar-refractivity contribution in [1.29, 1.82) is 10.5 Å². The van der Waals surface area contributed by atoms with E-state index in [0.29, 0.717) is 51.9 Å². The summed E-state index contributed by atoms with van der Waals surface area (Å²) in [6, 6.07) is 8.17. The summed E-state index contributed by atoms with van der Waals surface area (Å²) in [5, 5.41) is 24.7. The molecule has 2 aliphatic carbocycles. The lowest BCUT2D eigenvalue weighted by molar-refractivity contribution is 0.0665. The first-order valence-electron chi connectivity index (χ1n) is 32.1. The highest BCUT2D eigenvalue weighted by molar-refractivity contribution is 7.23. The van der Waals surface area contributed by atoms with Gasteiger partial charge in [-0.05, 0) is 114 Å². The molecule has 3 N–H and O–H groups in total. The number of aromatic nitrogens is 4. The lowest BCUT2D eigenvalue weighted by Crippen LogP contribution is -2.57. The highest BCUT2D eigenvalue weighted by Crippen LogP contribution is 2.56. The van der Waals surface area contributed by atoms with Crippen molar-refractivity contribution < 1.29 is 54.1 Å². The van der Waals surface area contributed by atoms with E-state index in [1.54, 1.807) is 4.90 Å². The normalized spacial score (nSPS) is 24.5.